The Balaban J connectivity index is 2.68. The number of likely N-dealkylation sites (N-methyl/N-ethyl adjacent to an activating group) is 1. The lowest BCUT2D eigenvalue weighted by molar-refractivity contribution is 0.0485. The van der Waals surface area contributed by atoms with Crippen LogP contribution in [0.4, 0.5) is 0 Å². The van der Waals surface area contributed by atoms with Crippen molar-refractivity contribution in [2.45, 2.75) is 58.5 Å². The van der Waals surface area contributed by atoms with Crippen LogP contribution in [0.15, 0.2) is 0 Å². The van der Waals surface area contributed by atoms with Crippen molar-refractivity contribution in [1.82, 2.24) is 10.2 Å². The molecule has 2 heteroatoms. The lowest BCUT2D eigenvalue weighted by Crippen LogP contribution is -2.60. The third kappa shape index (κ3) is 2.94. The van der Waals surface area contributed by atoms with Crippen molar-refractivity contribution in [1.29, 1.82) is 0 Å². The monoisotopic (exact) mass is 212 g/mol. The minimum atomic E-state index is 0.281. The van der Waals surface area contributed by atoms with Crippen LogP contribution in [0.1, 0.15) is 47.0 Å². The van der Waals surface area contributed by atoms with Crippen LogP contribution in [-0.2, 0) is 0 Å². The molecule has 0 radical (unpaired) electrons. The quantitative estimate of drug-likeness (QED) is 0.770. The van der Waals surface area contributed by atoms with Gasteiger partial charge in [0.25, 0.3) is 0 Å². The highest BCUT2D eigenvalue weighted by Gasteiger charge is 2.36. The molecule has 0 amide bonds. The Morgan fingerprint density at radius 3 is 2.00 bits per heavy atom. The molecule has 2 nitrogen and oxygen atoms in total. The molecule has 1 atom stereocenters. The average Bonchev–Trinajstić information content (AvgIpc) is 2.19. The number of rotatable bonds is 4. The molecule has 0 bridgehead atoms. The second-order valence-electron chi connectivity index (χ2n) is 5.71. The maximum atomic E-state index is 3.50. The molecule has 1 unspecified atom stereocenters. The Bertz CT molecular complexity index is 181. The highest BCUT2D eigenvalue weighted by Crippen LogP contribution is 2.27. The summed E-state index contributed by atoms with van der Waals surface area (Å²) in [7, 11) is 2.09. The Labute approximate surface area is 95.4 Å². The molecule has 1 saturated heterocycles. The van der Waals surface area contributed by atoms with Gasteiger partial charge in [0.1, 0.15) is 0 Å². The molecule has 1 aliphatic heterocycles. The van der Waals surface area contributed by atoms with Crippen molar-refractivity contribution in [3.05, 3.63) is 0 Å². The largest absolute Gasteiger partial charge is 0.315 e. The summed E-state index contributed by atoms with van der Waals surface area (Å²) in [6, 6.07) is 0.579. The van der Waals surface area contributed by atoms with Gasteiger partial charge in [-0.15, -0.1) is 0 Å². The summed E-state index contributed by atoms with van der Waals surface area (Å²) in [6.07, 6.45) is 4.16. The molecule has 1 aliphatic rings. The first-order chi connectivity index (χ1) is 7.00. The summed E-state index contributed by atoms with van der Waals surface area (Å²) in [6.45, 7) is 12.0. The Kier molecular flexibility index (Phi) is 4.60. The van der Waals surface area contributed by atoms with Crippen LogP contribution in [0.25, 0.3) is 0 Å². The smallest absolute Gasteiger partial charge is 0.0308 e. The molecule has 0 aromatic rings. The van der Waals surface area contributed by atoms with Crippen molar-refractivity contribution in [2.24, 2.45) is 5.92 Å². The second kappa shape index (κ2) is 5.31. The van der Waals surface area contributed by atoms with Gasteiger partial charge in [-0.25, -0.2) is 0 Å². The molecule has 90 valence electrons. The predicted octanol–water partition coefficient (Wildman–Crippen LogP) is 2.49. The zero-order valence-corrected chi connectivity index (χ0v) is 11.1. The van der Waals surface area contributed by atoms with Gasteiger partial charge in [0.2, 0.25) is 0 Å². The van der Waals surface area contributed by atoms with Gasteiger partial charge >= 0.3 is 0 Å². The van der Waals surface area contributed by atoms with Gasteiger partial charge in [-0.3, -0.25) is 4.90 Å². The van der Waals surface area contributed by atoms with E-state index in [0.29, 0.717) is 12.0 Å². The van der Waals surface area contributed by atoms with Crippen LogP contribution in [0.5, 0.6) is 0 Å². The minimum absolute atomic E-state index is 0.281. The molecule has 0 spiro atoms. The summed E-state index contributed by atoms with van der Waals surface area (Å²) in [5, 5.41) is 3.50. The van der Waals surface area contributed by atoms with E-state index in [2.05, 4.69) is 45.0 Å². The van der Waals surface area contributed by atoms with Crippen LogP contribution in [-0.4, -0.2) is 36.6 Å². The predicted molar refractivity (Wildman–Crippen MR) is 67.2 cm³/mol. The first-order valence-corrected chi connectivity index (χ1v) is 6.42. The van der Waals surface area contributed by atoms with E-state index in [9.17, 15) is 0 Å². The first kappa shape index (κ1) is 13.0. The van der Waals surface area contributed by atoms with Gasteiger partial charge in [0.05, 0.1) is 0 Å². The second-order valence-corrected chi connectivity index (χ2v) is 5.71. The molecule has 1 N–H and O–H groups in total. The molecule has 1 heterocycles. The SMILES string of the molecule is CNC(C(C)C)C(C)(C)N1CCCCC1. The molecule has 1 fully saturated rings. The first-order valence-electron chi connectivity index (χ1n) is 6.42. The van der Waals surface area contributed by atoms with Gasteiger partial charge in [0.15, 0.2) is 0 Å². The van der Waals surface area contributed by atoms with Crippen LogP contribution >= 0.6 is 0 Å². The van der Waals surface area contributed by atoms with E-state index < -0.39 is 0 Å². The molecule has 0 aromatic heterocycles. The summed E-state index contributed by atoms with van der Waals surface area (Å²) >= 11 is 0. The van der Waals surface area contributed by atoms with E-state index >= 15 is 0 Å². The van der Waals surface area contributed by atoms with Crippen molar-refractivity contribution in [2.75, 3.05) is 20.1 Å². The zero-order valence-electron chi connectivity index (χ0n) is 11.1. The van der Waals surface area contributed by atoms with E-state index in [-0.39, 0.29) is 5.54 Å². The van der Waals surface area contributed by atoms with Gasteiger partial charge in [-0.2, -0.15) is 0 Å². The number of likely N-dealkylation sites (tertiary alicyclic amines) is 1. The van der Waals surface area contributed by atoms with Crippen molar-refractivity contribution < 1.29 is 0 Å². The highest BCUT2D eigenvalue weighted by atomic mass is 15.2. The number of nitrogens with one attached hydrogen (secondary N) is 1. The van der Waals surface area contributed by atoms with Crippen LogP contribution in [0, 0.1) is 5.92 Å². The number of nitrogens with zero attached hydrogens (tertiary/aromatic N) is 1. The molecular formula is C13H28N2. The number of hydrogen-bond acceptors (Lipinski definition) is 2. The molecule has 0 aliphatic carbocycles. The Morgan fingerprint density at radius 1 is 1.07 bits per heavy atom. The highest BCUT2D eigenvalue weighted by molar-refractivity contribution is 4.95. The van der Waals surface area contributed by atoms with Gasteiger partial charge in [-0.05, 0) is 52.7 Å². The van der Waals surface area contributed by atoms with Gasteiger partial charge in [0, 0.05) is 11.6 Å². The van der Waals surface area contributed by atoms with E-state index in [4.69, 9.17) is 0 Å². The lowest BCUT2D eigenvalue weighted by Gasteiger charge is -2.47. The standard InChI is InChI=1S/C13H28N2/c1-11(2)12(14-5)13(3,4)15-9-7-6-8-10-15/h11-12,14H,6-10H2,1-5H3. The zero-order chi connectivity index (χ0) is 11.5. The number of hydrogen-bond donors (Lipinski definition) is 1. The molecule has 0 aromatic carbocycles. The fraction of sp³-hybridized carbons (Fsp3) is 1.00. The number of piperidine rings is 1. The fourth-order valence-electron chi connectivity index (χ4n) is 3.17. The molecule has 1 rings (SSSR count). The van der Waals surface area contributed by atoms with Crippen LogP contribution < -0.4 is 5.32 Å². The topological polar surface area (TPSA) is 15.3 Å². The fourth-order valence-corrected chi connectivity index (χ4v) is 3.17. The van der Waals surface area contributed by atoms with Crippen molar-refractivity contribution in [3.8, 4) is 0 Å². The molecule has 15 heavy (non-hydrogen) atoms. The van der Waals surface area contributed by atoms with Crippen LogP contribution in [0.2, 0.25) is 0 Å². The maximum Gasteiger partial charge on any atom is 0.0308 e. The molecular weight excluding hydrogens is 184 g/mol. The van der Waals surface area contributed by atoms with E-state index in [0.717, 1.165) is 0 Å². The Morgan fingerprint density at radius 2 is 1.60 bits per heavy atom. The summed E-state index contributed by atoms with van der Waals surface area (Å²) < 4.78 is 0. The summed E-state index contributed by atoms with van der Waals surface area (Å²) in [5.74, 6) is 0.687. The summed E-state index contributed by atoms with van der Waals surface area (Å²) in [4.78, 5) is 2.66. The van der Waals surface area contributed by atoms with Crippen molar-refractivity contribution >= 4 is 0 Å². The minimum Gasteiger partial charge on any atom is -0.315 e. The van der Waals surface area contributed by atoms with E-state index in [1.165, 1.54) is 32.4 Å². The maximum absolute atomic E-state index is 3.50. The van der Waals surface area contributed by atoms with Crippen LogP contribution in [0.3, 0.4) is 0 Å². The lowest BCUT2D eigenvalue weighted by atomic mass is 9.83. The molecule has 0 saturated carbocycles. The van der Waals surface area contributed by atoms with Crippen molar-refractivity contribution in [3.63, 3.8) is 0 Å². The van der Waals surface area contributed by atoms with Gasteiger partial charge < -0.3 is 5.32 Å². The normalized spacial score (nSPS) is 22.0. The summed E-state index contributed by atoms with van der Waals surface area (Å²) in [5.41, 5.74) is 0.281. The van der Waals surface area contributed by atoms with E-state index in [1.807, 2.05) is 0 Å². The third-order valence-corrected chi connectivity index (χ3v) is 3.91. The van der Waals surface area contributed by atoms with Gasteiger partial charge in [-0.1, -0.05) is 20.3 Å². The van der Waals surface area contributed by atoms with E-state index in [1.54, 1.807) is 0 Å². The Hall–Kier alpha value is -0.0800. The average molecular weight is 212 g/mol. The third-order valence-electron chi connectivity index (χ3n) is 3.91.